The van der Waals surface area contributed by atoms with Gasteiger partial charge in [-0.25, -0.2) is 8.78 Å². The van der Waals surface area contributed by atoms with Crippen LogP contribution in [0.25, 0.3) is 0 Å². The zero-order valence-corrected chi connectivity index (χ0v) is 8.01. The number of carbonyl (C=O) groups is 1. The molecule has 0 aliphatic rings. The van der Waals surface area contributed by atoms with Crippen molar-refractivity contribution in [1.82, 2.24) is 0 Å². The normalized spacial score (nSPS) is 10.2. The molecule has 0 N–H and O–H groups in total. The molecule has 0 heterocycles. The Morgan fingerprint density at radius 2 is 2.00 bits per heavy atom. The second-order valence-electron chi connectivity index (χ2n) is 2.43. The van der Waals surface area contributed by atoms with Crippen LogP contribution < -0.4 is 0 Å². The van der Waals surface area contributed by atoms with Crippen LogP contribution in [0.15, 0.2) is 6.07 Å². The summed E-state index contributed by atoms with van der Waals surface area (Å²) in [6.45, 7) is 1.22. The van der Waals surface area contributed by atoms with E-state index in [1.54, 1.807) is 0 Å². The van der Waals surface area contributed by atoms with Crippen LogP contribution in [0.2, 0.25) is 5.02 Å². The van der Waals surface area contributed by atoms with Gasteiger partial charge in [0.15, 0.2) is 0 Å². The maximum atomic E-state index is 13.0. The highest BCUT2D eigenvalue weighted by molar-refractivity contribution is 6.68. The minimum absolute atomic E-state index is 0.230. The van der Waals surface area contributed by atoms with Gasteiger partial charge in [-0.3, -0.25) is 4.79 Å². The van der Waals surface area contributed by atoms with Crippen LogP contribution in [0.5, 0.6) is 0 Å². The van der Waals surface area contributed by atoms with E-state index in [4.69, 9.17) is 23.2 Å². The lowest BCUT2D eigenvalue weighted by Crippen LogP contribution is -1.98. The molecule has 0 spiro atoms. The molecule has 0 radical (unpaired) electrons. The molecular formula is C8H4Cl2F2O. The zero-order valence-electron chi connectivity index (χ0n) is 6.50. The van der Waals surface area contributed by atoms with E-state index < -0.39 is 21.9 Å². The lowest BCUT2D eigenvalue weighted by atomic mass is 10.1. The smallest absolute Gasteiger partial charge is 0.254 e. The first-order chi connectivity index (χ1) is 5.95. The Balaban J connectivity index is 3.50. The van der Waals surface area contributed by atoms with Gasteiger partial charge in [0.1, 0.15) is 11.6 Å². The number of carbonyl (C=O) groups excluding carboxylic acids is 1. The van der Waals surface area contributed by atoms with E-state index in [2.05, 4.69) is 0 Å². The highest BCUT2D eigenvalue weighted by Crippen LogP contribution is 2.26. The van der Waals surface area contributed by atoms with Crippen molar-refractivity contribution in [1.29, 1.82) is 0 Å². The number of benzene rings is 1. The van der Waals surface area contributed by atoms with Crippen molar-refractivity contribution in [2.24, 2.45) is 0 Å². The van der Waals surface area contributed by atoms with Crippen LogP contribution in [-0.2, 0) is 0 Å². The second-order valence-corrected chi connectivity index (χ2v) is 3.15. The van der Waals surface area contributed by atoms with E-state index in [0.717, 1.165) is 6.07 Å². The maximum Gasteiger partial charge on any atom is 0.254 e. The average molecular weight is 225 g/mol. The molecule has 0 bridgehead atoms. The van der Waals surface area contributed by atoms with E-state index in [9.17, 15) is 13.6 Å². The Kier molecular flexibility index (Phi) is 2.88. The summed E-state index contributed by atoms with van der Waals surface area (Å²) in [6.07, 6.45) is 0. The number of rotatable bonds is 1. The number of hydrogen-bond acceptors (Lipinski definition) is 1. The fourth-order valence-electron chi connectivity index (χ4n) is 0.829. The standard InChI is InChI=1S/C8H4Cl2F2O/c1-3-5(11)2-4(8(10)13)6(9)7(3)12/h2H,1H3. The molecule has 1 aromatic rings. The quantitative estimate of drug-likeness (QED) is 0.529. The summed E-state index contributed by atoms with van der Waals surface area (Å²) < 4.78 is 25.9. The summed E-state index contributed by atoms with van der Waals surface area (Å²) in [5.74, 6) is -1.79. The van der Waals surface area contributed by atoms with Crippen LogP contribution in [0.4, 0.5) is 8.78 Å². The molecule has 1 aromatic carbocycles. The molecule has 0 aliphatic carbocycles. The fourth-order valence-corrected chi connectivity index (χ4v) is 1.31. The third kappa shape index (κ3) is 1.81. The molecule has 0 atom stereocenters. The van der Waals surface area contributed by atoms with Gasteiger partial charge in [-0.1, -0.05) is 11.6 Å². The van der Waals surface area contributed by atoms with Gasteiger partial charge in [0, 0.05) is 5.56 Å². The molecule has 13 heavy (non-hydrogen) atoms. The molecule has 0 aliphatic heterocycles. The van der Waals surface area contributed by atoms with Gasteiger partial charge in [0.2, 0.25) is 0 Å². The average Bonchev–Trinajstić information content (AvgIpc) is 2.07. The van der Waals surface area contributed by atoms with E-state index in [1.165, 1.54) is 6.92 Å². The molecule has 1 rings (SSSR count). The molecule has 70 valence electrons. The fraction of sp³-hybridized carbons (Fsp3) is 0.125. The lowest BCUT2D eigenvalue weighted by Gasteiger charge is -2.04. The third-order valence-corrected chi connectivity index (χ3v) is 2.17. The van der Waals surface area contributed by atoms with E-state index in [-0.39, 0.29) is 11.1 Å². The molecule has 0 unspecified atom stereocenters. The topological polar surface area (TPSA) is 17.1 Å². The largest absolute Gasteiger partial charge is 0.276 e. The monoisotopic (exact) mass is 224 g/mol. The van der Waals surface area contributed by atoms with Crippen molar-refractivity contribution in [2.45, 2.75) is 6.92 Å². The van der Waals surface area contributed by atoms with Gasteiger partial charge in [-0.05, 0) is 24.6 Å². The summed E-state index contributed by atoms with van der Waals surface area (Å²) in [6, 6.07) is 0.816. The predicted octanol–water partition coefficient (Wildman–Crippen LogP) is 3.31. The van der Waals surface area contributed by atoms with Gasteiger partial charge in [0.05, 0.1) is 10.6 Å². The first-order valence-electron chi connectivity index (χ1n) is 3.29. The predicted molar refractivity (Wildman–Crippen MR) is 46.3 cm³/mol. The molecule has 0 fully saturated rings. The summed E-state index contributed by atoms with van der Waals surface area (Å²) >= 11 is 10.5. The van der Waals surface area contributed by atoms with Gasteiger partial charge in [-0.2, -0.15) is 0 Å². The van der Waals surface area contributed by atoms with Gasteiger partial charge >= 0.3 is 0 Å². The Hall–Kier alpha value is -0.670. The zero-order chi connectivity index (χ0) is 10.2. The van der Waals surface area contributed by atoms with Crippen molar-refractivity contribution >= 4 is 28.4 Å². The van der Waals surface area contributed by atoms with Gasteiger partial charge < -0.3 is 0 Å². The summed E-state index contributed by atoms with van der Waals surface area (Å²) in [4.78, 5) is 10.6. The molecule has 0 saturated heterocycles. The first-order valence-corrected chi connectivity index (χ1v) is 4.04. The minimum Gasteiger partial charge on any atom is -0.276 e. The van der Waals surface area contributed by atoms with Crippen LogP contribution in [-0.4, -0.2) is 5.24 Å². The van der Waals surface area contributed by atoms with Crippen LogP contribution >= 0.6 is 23.2 Å². The Bertz CT molecular complexity index is 377. The summed E-state index contributed by atoms with van der Waals surface area (Å²) in [5.41, 5.74) is -0.587. The van der Waals surface area contributed by atoms with Crippen molar-refractivity contribution in [2.75, 3.05) is 0 Å². The Morgan fingerprint density at radius 3 is 2.46 bits per heavy atom. The van der Waals surface area contributed by atoms with Crippen molar-refractivity contribution in [3.05, 3.63) is 33.9 Å². The summed E-state index contributed by atoms with van der Waals surface area (Å²) in [5, 5.41) is -1.43. The third-order valence-electron chi connectivity index (χ3n) is 1.60. The van der Waals surface area contributed by atoms with E-state index in [0.29, 0.717) is 0 Å². The highest BCUT2D eigenvalue weighted by Gasteiger charge is 2.17. The first kappa shape index (κ1) is 10.4. The Morgan fingerprint density at radius 1 is 1.46 bits per heavy atom. The van der Waals surface area contributed by atoms with Gasteiger partial charge in [0.25, 0.3) is 5.24 Å². The second kappa shape index (κ2) is 3.60. The van der Waals surface area contributed by atoms with Crippen molar-refractivity contribution in [3.63, 3.8) is 0 Å². The molecule has 0 saturated carbocycles. The lowest BCUT2D eigenvalue weighted by molar-refractivity contribution is 0.108. The van der Waals surface area contributed by atoms with Crippen LogP contribution in [0, 0.1) is 18.6 Å². The number of hydrogen-bond donors (Lipinski definition) is 0. The van der Waals surface area contributed by atoms with E-state index >= 15 is 0 Å². The van der Waals surface area contributed by atoms with E-state index in [1.807, 2.05) is 0 Å². The van der Waals surface area contributed by atoms with Crippen LogP contribution in [0.3, 0.4) is 0 Å². The molecule has 5 heteroatoms. The molecule has 0 aromatic heterocycles. The number of halogens is 4. The minimum atomic E-state index is -0.984. The van der Waals surface area contributed by atoms with Gasteiger partial charge in [-0.15, -0.1) is 0 Å². The van der Waals surface area contributed by atoms with Crippen LogP contribution in [0.1, 0.15) is 15.9 Å². The maximum absolute atomic E-state index is 13.0. The Labute approximate surface area is 83.3 Å². The molecule has 1 nitrogen and oxygen atoms in total. The summed E-state index contributed by atoms with van der Waals surface area (Å²) in [7, 11) is 0. The SMILES string of the molecule is Cc1c(F)cc(C(=O)Cl)c(Cl)c1F. The van der Waals surface area contributed by atoms with Crippen molar-refractivity contribution < 1.29 is 13.6 Å². The van der Waals surface area contributed by atoms with Crippen molar-refractivity contribution in [3.8, 4) is 0 Å². The molecular weight excluding hydrogens is 221 g/mol. The highest BCUT2D eigenvalue weighted by atomic mass is 35.5. The molecule has 0 amide bonds.